The minimum atomic E-state index is -3.57. The van der Waals surface area contributed by atoms with Gasteiger partial charge in [-0.15, -0.1) is 0 Å². The zero-order valence-electron chi connectivity index (χ0n) is 13.7. The average molecular weight is 364 g/mol. The highest BCUT2D eigenvalue weighted by atomic mass is 32.2. The Labute approximate surface area is 146 Å². The van der Waals surface area contributed by atoms with E-state index < -0.39 is 10.0 Å². The highest BCUT2D eigenvalue weighted by Gasteiger charge is 2.29. The van der Waals surface area contributed by atoms with Crippen molar-refractivity contribution < 1.29 is 18.0 Å². The Hall–Kier alpha value is -2.42. The molecule has 0 bridgehead atoms. The smallest absolute Gasteiger partial charge is 0.263 e. The van der Waals surface area contributed by atoms with E-state index in [-0.39, 0.29) is 42.1 Å². The SMILES string of the molecule is O=C(CCN=C1NS(=O)(=O)c2ccccc21)NCC(=O)N1CCCC1. The number of aliphatic imine (C=N–C) groups is 1. The first-order chi connectivity index (χ1) is 12.0. The highest BCUT2D eigenvalue weighted by Crippen LogP contribution is 2.22. The number of likely N-dealkylation sites (tertiary alicyclic amines) is 1. The Balaban J connectivity index is 1.50. The van der Waals surface area contributed by atoms with Crippen LogP contribution in [0.1, 0.15) is 24.8 Å². The van der Waals surface area contributed by atoms with E-state index in [9.17, 15) is 18.0 Å². The molecule has 8 nitrogen and oxygen atoms in total. The fraction of sp³-hybridized carbons (Fsp3) is 0.438. The summed E-state index contributed by atoms with van der Waals surface area (Å²) in [7, 11) is -3.57. The van der Waals surface area contributed by atoms with Crippen molar-refractivity contribution in [2.75, 3.05) is 26.2 Å². The van der Waals surface area contributed by atoms with Gasteiger partial charge in [-0.2, -0.15) is 0 Å². The first-order valence-electron chi connectivity index (χ1n) is 8.18. The van der Waals surface area contributed by atoms with Gasteiger partial charge in [-0.25, -0.2) is 8.42 Å². The van der Waals surface area contributed by atoms with Crippen LogP contribution in [0.3, 0.4) is 0 Å². The number of benzene rings is 1. The Bertz CT molecular complexity index is 813. The predicted octanol–water partition coefficient (Wildman–Crippen LogP) is -0.146. The zero-order valence-corrected chi connectivity index (χ0v) is 14.5. The van der Waals surface area contributed by atoms with Crippen molar-refractivity contribution in [3.05, 3.63) is 29.8 Å². The fourth-order valence-electron chi connectivity index (χ4n) is 2.86. The standard InChI is InChI=1S/C16H20N4O4S/c21-14(18-11-15(22)20-9-3-4-10-20)7-8-17-16-12-5-1-2-6-13(12)25(23,24)19-16/h1-2,5-6H,3-4,7-11H2,(H,17,19)(H,18,21). The minimum absolute atomic E-state index is 0.00906. The quantitative estimate of drug-likeness (QED) is 0.758. The molecule has 1 saturated heterocycles. The molecule has 0 radical (unpaired) electrons. The van der Waals surface area contributed by atoms with Crippen molar-refractivity contribution in [3.8, 4) is 0 Å². The summed E-state index contributed by atoms with van der Waals surface area (Å²) in [6, 6.07) is 6.55. The maximum atomic E-state index is 12.0. The van der Waals surface area contributed by atoms with E-state index in [1.54, 1.807) is 23.1 Å². The molecule has 25 heavy (non-hydrogen) atoms. The molecule has 0 saturated carbocycles. The Morgan fingerprint density at radius 2 is 1.92 bits per heavy atom. The van der Waals surface area contributed by atoms with Crippen molar-refractivity contribution in [2.24, 2.45) is 4.99 Å². The summed E-state index contributed by atoms with van der Waals surface area (Å²) in [4.78, 5) is 29.8. The predicted molar refractivity (Wildman–Crippen MR) is 91.6 cm³/mol. The number of fused-ring (bicyclic) bond motifs is 1. The summed E-state index contributed by atoms with van der Waals surface area (Å²) >= 11 is 0. The van der Waals surface area contributed by atoms with Gasteiger partial charge in [0.25, 0.3) is 10.0 Å². The molecule has 0 atom stereocenters. The Kier molecular flexibility index (Phi) is 5.03. The topological polar surface area (TPSA) is 108 Å². The number of hydrogen-bond donors (Lipinski definition) is 2. The van der Waals surface area contributed by atoms with Crippen LogP contribution in [0.15, 0.2) is 34.2 Å². The second kappa shape index (κ2) is 7.22. The molecule has 1 aromatic rings. The molecular weight excluding hydrogens is 344 g/mol. The van der Waals surface area contributed by atoms with E-state index in [1.165, 1.54) is 6.07 Å². The van der Waals surface area contributed by atoms with E-state index >= 15 is 0 Å². The summed E-state index contributed by atoms with van der Waals surface area (Å²) in [6.07, 6.45) is 2.10. The lowest BCUT2D eigenvalue weighted by Gasteiger charge is -2.15. The van der Waals surface area contributed by atoms with Crippen LogP contribution < -0.4 is 10.0 Å². The summed E-state index contributed by atoms with van der Waals surface area (Å²) in [5.41, 5.74) is 0.507. The number of rotatable bonds is 5. The first-order valence-corrected chi connectivity index (χ1v) is 9.67. The van der Waals surface area contributed by atoms with Crippen LogP contribution in [0.25, 0.3) is 0 Å². The molecule has 2 heterocycles. The van der Waals surface area contributed by atoms with Crippen molar-refractivity contribution in [2.45, 2.75) is 24.2 Å². The van der Waals surface area contributed by atoms with E-state index in [0.29, 0.717) is 5.56 Å². The van der Waals surface area contributed by atoms with E-state index in [4.69, 9.17) is 0 Å². The monoisotopic (exact) mass is 364 g/mol. The molecule has 2 amide bonds. The van der Waals surface area contributed by atoms with Crippen LogP contribution in [0.5, 0.6) is 0 Å². The van der Waals surface area contributed by atoms with Gasteiger partial charge in [-0.1, -0.05) is 12.1 Å². The number of hydrogen-bond acceptors (Lipinski definition) is 5. The summed E-state index contributed by atoms with van der Waals surface area (Å²) in [6.45, 7) is 1.63. The zero-order chi connectivity index (χ0) is 17.9. The van der Waals surface area contributed by atoms with Gasteiger partial charge in [0.05, 0.1) is 18.0 Å². The third-order valence-electron chi connectivity index (χ3n) is 4.17. The lowest BCUT2D eigenvalue weighted by Crippen LogP contribution is -2.38. The van der Waals surface area contributed by atoms with Crippen LogP contribution in [0.2, 0.25) is 0 Å². The van der Waals surface area contributed by atoms with Crippen molar-refractivity contribution >= 4 is 27.7 Å². The van der Waals surface area contributed by atoms with Gasteiger partial charge >= 0.3 is 0 Å². The largest absolute Gasteiger partial charge is 0.347 e. The van der Waals surface area contributed by atoms with Crippen LogP contribution in [-0.2, 0) is 19.6 Å². The summed E-state index contributed by atoms with van der Waals surface area (Å²) < 4.78 is 26.3. The van der Waals surface area contributed by atoms with Crippen LogP contribution in [0.4, 0.5) is 0 Å². The van der Waals surface area contributed by atoms with Crippen LogP contribution >= 0.6 is 0 Å². The van der Waals surface area contributed by atoms with E-state index in [0.717, 1.165) is 25.9 Å². The molecule has 0 spiro atoms. The molecule has 9 heteroatoms. The molecular formula is C16H20N4O4S. The number of sulfonamides is 1. The second-order valence-corrected chi connectivity index (χ2v) is 7.60. The Morgan fingerprint density at radius 3 is 2.68 bits per heavy atom. The third-order valence-corrected chi connectivity index (χ3v) is 5.56. The number of nitrogens with one attached hydrogen (secondary N) is 2. The number of amidine groups is 1. The Morgan fingerprint density at radius 1 is 1.20 bits per heavy atom. The molecule has 134 valence electrons. The third kappa shape index (κ3) is 3.98. The van der Waals surface area contributed by atoms with Crippen LogP contribution in [0, 0.1) is 0 Å². The van der Waals surface area contributed by atoms with Gasteiger partial charge in [0.1, 0.15) is 5.84 Å². The molecule has 2 aliphatic rings. The summed E-state index contributed by atoms with van der Waals surface area (Å²) in [5, 5.41) is 2.58. The number of nitrogens with zero attached hydrogens (tertiary/aromatic N) is 2. The number of amides is 2. The second-order valence-electron chi connectivity index (χ2n) is 5.95. The highest BCUT2D eigenvalue weighted by molar-refractivity contribution is 7.90. The molecule has 3 rings (SSSR count). The maximum absolute atomic E-state index is 12.0. The lowest BCUT2D eigenvalue weighted by atomic mass is 10.2. The fourth-order valence-corrected chi connectivity index (χ4v) is 4.11. The van der Waals surface area contributed by atoms with Gasteiger partial charge in [0.2, 0.25) is 11.8 Å². The maximum Gasteiger partial charge on any atom is 0.263 e. The molecule has 2 aliphatic heterocycles. The van der Waals surface area contributed by atoms with E-state index in [1.807, 2.05) is 0 Å². The van der Waals surface area contributed by atoms with Crippen LogP contribution in [-0.4, -0.2) is 57.1 Å². The van der Waals surface area contributed by atoms with Gasteiger partial charge in [0.15, 0.2) is 0 Å². The molecule has 0 unspecified atom stereocenters. The van der Waals surface area contributed by atoms with Gasteiger partial charge < -0.3 is 10.2 Å². The van der Waals surface area contributed by atoms with Gasteiger partial charge in [-0.3, -0.25) is 19.3 Å². The molecule has 1 aromatic carbocycles. The van der Waals surface area contributed by atoms with E-state index in [2.05, 4.69) is 15.0 Å². The molecule has 2 N–H and O–H groups in total. The molecule has 1 fully saturated rings. The first kappa shape index (κ1) is 17.4. The number of carbonyl (C=O) groups is 2. The van der Waals surface area contributed by atoms with Crippen molar-refractivity contribution in [1.82, 2.24) is 14.9 Å². The molecule has 0 aromatic heterocycles. The normalized spacial score (nSPS) is 19.5. The molecule has 0 aliphatic carbocycles. The van der Waals surface area contributed by atoms with Gasteiger partial charge in [-0.05, 0) is 25.0 Å². The lowest BCUT2D eigenvalue weighted by molar-refractivity contribution is -0.132. The minimum Gasteiger partial charge on any atom is -0.347 e. The van der Waals surface area contributed by atoms with Crippen molar-refractivity contribution in [3.63, 3.8) is 0 Å². The number of carbonyl (C=O) groups excluding carboxylic acids is 2. The van der Waals surface area contributed by atoms with Crippen molar-refractivity contribution in [1.29, 1.82) is 0 Å². The average Bonchev–Trinajstić information content (AvgIpc) is 3.21. The summed E-state index contributed by atoms with van der Waals surface area (Å²) in [5.74, 6) is -0.114. The van der Waals surface area contributed by atoms with Gasteiger partial charge in [0, 0.05) is 25.1 Å².